The molecule has 1 fully saturated rings. The van der Waals surface area contributed by atoms with Gasteiger partial charge in [-0.25, -0.2) is 0 Å². The molecule has 0 radical (unpaired) electrons. The summed E-state index contributed by atoms with van der Waals surface area (Å²) >= 11 is 1.63. The molecule has 1 aliphatic heterocycles. The van der Waals surface area contributed by atoms with Gasteiger partial charge in [0.1, 0.15) is 0 Å². The SMILES string of the molecule is Cc1cscn1.O=C1CNCCN1. The highest BCUT2D eigenvalue weighted by Crippen LogP contribution is 1.95. The standard InChI is InChI=1S/C4H8N2O.C4H5NS/c7-4-3-5-1-2-6-4;1-4-2-6-3-5-4/h5H,1-3H2,(H,6,7);2-3H,1H3. The molecule has 1 saturated heterocycles. The topological polar surface area (TPSA) is 54.0 Å². The van der Waals surface area contributed by atoms with Crippen LogP contribution in [0.4, 0.5) is 0 Å². The molecule has 0 unspecified atom stereocenters. The van der Waals surface area contributed by atoms with Gasteiger partial charge in [-0.2, -0.15) is 0 Å². The molecular weight excluding hydrogens is 186 g/mol. The lowest BCUT2D eigenvalue weighted by Gasteiger charge is -2.11. The Kier molecular flexibility index (Phi) is 4.42. The molecule has 2 rings (SSSR count). The number of piperazine rings is 1. The summed E-state index contributed by atoms with van der Waals surface area (Å²) in [5.74, 6) is 0.103. The Hall–Kier alpha value is -0.940. The number of aromatic nitrogens is 1. The Morgan fingerprint density at radius 2 is 2.38 bits per heavy atom. The first kappa shape index (κ1) is 10.1. The van der Waals surface area contributed by atoms with E-state index in [1.54, 1.807) is 11.3 Å². The molecule has 13 heavy (non-hydrogen) atoms. The molecule has 0 saturated carbocycles. The van der Waals surface area contributed by atoms with Crippen LogP contribution in [0.2, 0.25) is 0 Å². The number of nitrogens with zero attached hydrogens (tertiary/aromatic N) is 1. The molecule has 1 aromatic rings. The predicted molar refractivity (Wildman–Crippen MR) is 52.7 cm³/mol. The van der Waals surface area contributed by atoms with Crippen LogP contribution < -0.4 is 10.6 Å². The van der Waals surface area contributed by atoms with Crippen molar-refractivity contribution in [2.24, 2.45) is 0 Å². The summed E-state index contributed by atoms with van der Waals surface area (Å²) in [4.78, 5) is 14.2. The van der Waals surface area contributed by atoms with Crippen molar-refractivity contribution in [3.8, 4) is 0 Å². The molecule has 72 valence electrons. The first-order valence-corrected chi connectivity index (χ1v) is 5.05. The second kappa shape index (κ2) is 5.66. The fourth-order valence-electron chi connectivity index (χ4n) is 0.828. The quantitative estimate of drug-likeness (QED) is 0.625. The highest BCUT2D eigenvalue weighted by atomic mass is 32.1. The van der Waals surface area contributed by atoms with Crippen molar-refractivity contribution in [3.63, 3.8) is 0 Å². The van der Waals surface area contributed by atoms with Gasteiger partial charge in [0.05, 0.1) is 12.1 Å². The molecule has 1 amide bonds. The molecule has 0 spiro atoms. The predicted octanol–water partition coefficient (Wildman–Crippen LogP) is 0.157. The third kappa shape index (κ3) is 4.59. The molecule has 1 aliphatic rings. The van der Waals surface area contributed by atoms with Crippen LogP contribution in [0, 0.1) is 6.92 Å². The highest BCUT2D eigenvalue weighted by Gasteiger charge is 2.02. The number of carbonyl (C=O) groups excluding carboxylic acids is 1. The van der Waals surface area contributed by atoms with Crippen molar-refractivity contribution < 1.29 is 4.79 Å². The largest absolute Gasteiger partial charge is 0.354 e. The van der Waals surface area contributed by atoms with Gasteiger partial charge in [0.25, 0.3) is 0 Å². The molecule has 1 aromatic heterocycles. The van der Waals surface area contributed by atoms with Crippen molar-refractivity contribution in [2.45, 2.75) is 6.92 Å². The van der Waals surface area contributed by atoms with Crippen LogP contribution in [0.1, 0.15) is 5.69 Å². The van der Waals surface area contributed by atoms with E-state index < -0.39 is 0 Å². The maximum Gasteiger partial charge on any atom is 0.234 e. The number of hydrogen-bond donors (Lipinski definition) is 2. The maximum atomic E-state index is 10.3. The first-order valence-electron chi connectivity index (χ1n) is 4.11. The number of aryl methyl sites for hydroxylation is 1. The summed E-state index contributed by atoms with van der Waals surface area (Å²) in [5, 5.41) is 7.62. The lowest BCUT2D eigenvalue weighted by molar-refractivity contribution is -0.121. The van der Waals surface area contributed by atoms with Gasteiger partial charge in [-0.05, 0) is 6.92 Å². The van der Waals surface area contributed by atoms with E-state index in [0.717, 1.165) is 18.8 Å². The molecule has 2 heterocycles. The second-order valence-electron chi connectivity index (χ2n) is 2.66. The van der Waals surface area contributed by atoms with E-state index >= 15 is 0 Å². The first-order chi connectivity index (χ1) is 6.29. The van der Waals surface area contributed by atoms with Crippen molar-refractivity contribution in [1.29, 1.82) is 0 Å². The zero-order valence-corrected chi connectivity index (χ0v) is 8.36. The minimum Gasteiger partial charge on any atom is -0.354 e. The van der Waals surface area contributed by atoms with Crippen molar-refractivity contribution >= 4 is 17.2 Å². The number of hydrogen-bond acceptors (Lipinski definition) is 4. The van der Waals surface area contributed by atoms with E-state index in [2.05, 4.69) is 15.6 Å². The van der Waals surface area contributed by atoms with Crippen LogP contribution in [0.3, 0.4) is 0 Å². The van der Waals surface area contributed by atoms with Crippen molar-refractivity contribution in [3.05, 3.63) is 16.6 Å². The average molecular weight is 199 g/mol. The molecule has 0 aliphatic carbocycles. The molecule has 4 nitrogen and oxygen atoms in total. The van der Waals surface area contributed by atoms with Gasteiger partial charge in [0, 0.05) is 24.2 Å². The second-order valence-corrected chi connectivity index (χ2v) is 3.38. The monoisotopic (exact) mass is 199 g/mol. The number of rotatable bonds is 0. The lowest BCUT2D eigenvalue weighted by atomic mass is 10.4. The van der Waals surface area contributed by atoms with Gasteiger partial charge < -0.3 is 10.6 Å². The number of nitrogens with one attached hydrogen (secondary N) is 2. The molecule has 2 N–H and O–H groups in total. The summed E-state index contributed by atoms with van der Waals surface area (Å²) < 4.78 is 0. The Labute approximate surface area is 81.4 Å². The molecule has 5 heteroatoms. The van der Waals surface area contributed by atoms with Crippen LogP contribution in [-0.4, -0.2) is 30.5 Å². The third-order valence-electron chi connectivity index (χ3n) is 1.47. The highest BCUT2D eigenvalue weighted by molar-refractivity contribution is 7.07. The summed E-state index contributed by atoms with van der Waals surface area (Å²) in [6.07, 6.45) is 0. The fourth-order valence-corrected chi connectivity index (χ4v) is 1.37. The molecule has 0 aromatic carbocycles. The summed E-state index contributed by atoms with van der Waals surface area (Å²) in [5.41, 5.74) is 2.94. The Morgan fingerprint density at radius 3 is 2.62 bits per heavy atom. The van der Waals surface area contributed by atoms with E-state index in [1.807, 2.05) is 17.8 Å². The summed E-state index contributed by atoms with van der Waals surface area (Å²) in [6, 6.07) is 0. The summed E-state index contributed by atoms with van der Waals surface area (Å²) in [7, 11) is 0. The average Bonchev–Trinajstić information content (AvgIpc) is 2.58. The van der Waals surface area contributed by atoms with Crippen LogP contribution in [0.15, 0.2) is 10.9 Å². The number of amides is 1. The number of carbonyl (C=O) groups is 1. The zero-order valence-electron chi connectivity index (χ0n) is 7.54. The van der Waals surface area contributed by atoms with Gasteiger partial charge in [-0.1, -0.05) is 0 Å². The van der Waals surface area contributed by atoms with Crippen LogP contribution in [0.5, 0.6) is 0 Å². The Balaban J connectivity index is 0.000000132. The zero-order chi connectivity index (χ0) is 9.52. The summed E-state index contributed by atoms with van der Waals surface area (Å²) in [6.45, 7) is 4.15. The number of thiazole rings is 1. The molecule has 0 atom stereocenters. The smallest absolute Gasteiger partial charge is 0.234 e. The van der Waals surface area contributed by atoms with Crippen LogP contribution in [-0.2, 0) is 4.79 Å². The lowest BCUT2D eigenvalue weighted by Crippen LogP contribution is -2.44. The maximum absolute atomic E-state index is 10.3. The van der Waals surface area contributed by atoms with Gasteiger partial charge >= 0.3 is 0 Å². The molecule has 0 bridgehead atoms. The van der Waals surface area contributed by atoms with E-state index in [0.29, 0.717) is 6.54 Å². The van der Waals surface area contributed by atoms with Gasteiger partial charge in [-0.15, -0.1) is 11.3 Å². The van der Waals surface area contributed by atoms with Crippen molar-refractivity contribution in [2.75, 3.05) is 19.6 Å². The van der Waals surface area contributed by atoms with E-state index in [9.17, 15) is 4.79 Å². The van der Waals surface area contributed by atoms with Gasteiger partial charge in [0.15, 0.2) is 0 Å². The van der Waals surface area contributed by atoms with Gasteiger partial charge in [-0.3, -0.25) is 9.78 Å². The van der Waals surface area contributed by atoms with Crippen molar-refractivity contribution in [1.82, 2.24) is 15.6 Å². The van der Waals surface area contributed by atoms with Crippen LogP contribution in [0.25, 0.3) is 0 Å². The Bertz CT molecular complexity index is 240. The van der Waals surface area contributed by atoms with E-state index in [-0.39, 0.29) is 5.91 Å². The van der Waals surface area contributed by atoms with Gasteiger partial charge in [0.2, 0.25) is 5.91 Å². The Morgan fingerprint density at radius 1 is 1.54 bits per heavy atom. The minimum absolute atomic E-state index is 0.103. The van der Waals surface area contributed by atoms with E-state index in [4.69, 9.17) is 0 Å². The third-order valence-corrected chi connectivity index (χ3v) is 2.17. The molecular formula is C8H13N3OS. The van der Waals surface area contributed by atoms with E-state index in [1.165, 1.54) is 0 Å². The normalized spacial score (nSPS) is 15.6. The fraction of sp³-hybridized carbons (Fsp3) is 0.500. The van der Waals surface area contributed by atoms with Crippen LogP contribution >= 0.6 is 11.3 Å². The minimum atomic E-state index is 0.103.